The van der Waals surface area contributed by atoms with Gasteiger partial charge in [0.15, 0.2) is 0 Å². The zero-order chi connectivity index (χ0) is 12.4. The molecule has 2 aliphatic rings. The molecule has 2 atom stereocenters. The van der Waals surface area contributed by atoms with Gasteiger partial charge in [-0.1, -0.05) is 12.8 Å². The lowest BCUT2D eigenvalue weighted by atomic mass is 9.78. The van der Waals surface area contributed by atoms with Gasteiger partial charge in [0.25, 0.3) is 0 Å². The lowest BCUT2D eigenvalue weighted by Crippen LogP contribution is -2.46. The maximum absolute atomic E-state index is 5.69. The summed E-state index contributed by atoms with van der Waals surface area (Å²) in [7, 11) is 0. The number of nitrogen functional groups attached to an aromatic ring is 1. The Labute approximate surface area is 109 Å². The number of pyridine rings is 1. The van der Waals surface area contributed by atoms with Gasteiger partial charge in [-0.25, -0.2) is 0 Å². The molecule has 1 aromatic rings. The fourth-order valence-corrected chi connectivity index (χ4v) is 3.66. The van der Waals surface area contributed by atoms with Crippen LogP contribution in [0.5, 0.6) is 0 Å². The van der Waals surface area contributed by atoms with E-state index < -0.39 is 0 Å². The van der Waals surface area contributed by atoms with Crippen molar-refractivity contribution >= 4 is 5.69 Å². The number of hydrogen-bond acceptors (Lipinski definition) is 3. The van der Waals surface area contributed by atoms with E-state index in [1.54, 1.807) is 6.20 Å². The SMILES string of the molecule is Nc1ccc(CN2CCC[C@H]3CCCC[C@H]32)nc1. The minimum absolute atomic E-state index is 0.757. The van der Waals surface area contributed by atoms with Gasteiger partial charge >= 0.3 is 0 Å². The molecule has 18 heavy (non-hydrogen) atoms. The maximum atomic E-state index is 5.69. The largest absolute Gasteiger partial charge is 0.397 e. The minimum Gasteiger partial charge on any atom is -0.397 e. The van der Waals surface area contributed by atoms with Crippen LogP contribution in [0.3, 0.4) is 0 Å². The van der Waals surface area contributed by atoms with E-state index >= 15 is 0 Å². The first-order chi connectivity index (χ1) is 8.83. The number of nitrogens with zero attached hydrogens (tertiary/aromatic N) is 2. The summed E-state index contributed by atoms with van der Waals surface area (Å²) in [5.74, 6) is 0.946. The summed E-state index contributed by atoms with van der Waals surface area (Å²) in [5, 5.41) is 0. The van der Waals surface area contributed by atoms with E-state index in [1.165, 1.54) is 45.1 Å². The van der Waals surface area contributed by atoms with E-state index in [0.29, 0.717) is 0 Å². The fraction of sp³-hybridized carbons (Fsp3) is 0.667. The molecular weight excluding hydrogens is 222 g/mol. The highest BCUT2D eigenvalue weighted by Crippen LogP contribution is 2.35. The molecule has 0 amide bonds. The second-order valence-corrected chi connectivity index (χ2v) is 5.81. The molecule has 0 radical (unpaired) electrons. The standard InChI is InChI=1S/C15H23N3/c16-13-7-8-14(17-10-13)11-18-9-3-5-12-4-1-2-6-15(12)18/h7-8,10,12,15H,1-6,9,11,16H2/t12-,15-/m1/s1. The molecule has 1 aliphatic carbocycles. The molecule has 0 aromatic carbocycles. The van der Waals surface area contributed by atoms with Crippen molar-refractivity contribution in [2.45, 2.75) is 51.1 Å². The van der Waals surface area contributed by atoms with Gasteiger partial charge in [-0.2, -0.15) is 0 Å². The molecule has 1 aromatic heterocycles. The molecule has 1 saturated heterocycles. The van der Waals surface area contributed by atoms with Crippen molar-refractivity contribution in [3.05, 3.63) is 24.0 Å². The molecule has 2 N–H and O–H groups in total. The highest BCUT2D eigenvalue weighted by molar-refractivity contribution is 5.34. The molecule has 98 valence electrons. The van der Waals surface area contributed by atoms with Gasteiger partial charge in [0.2, 0.25) is 0 Å². The topological polar surface area (TPSA) is 42.1 Å². The van der Waals surface area contributed by atoms with Crippen LogP contribution in [0.15, 0.2) is 18.3 Å². The first-order valence-electron chi connectivity index (χ1n) is 7.27. The molecule has 1 saturated carbocycles. The summed E-state index contributed by atoms with van der Waals surface area (Å²) < 4.78 is 0. The molecule has 0 bridgehead atoms. The minimum atomic E-state index is 0.757. The van der Waals surface area contributed by atoms with Gasteiger partial charge in [0.05, 0.1) is 17.6 Å². The fourth-order valence-electron chi connectivity index (χ4n) is 3.66. The molecule has 2 heterocycles. The normalized spacial score (nSPS) is 28.9. The van der Waals surface area contributed by atoms with Gasteiger partial charge in [-0.05, 0) is 50.3 Å². The van der Waals surface area contributed by atoms with E-state index in [4.69, 9.17) is 5.73 Å². The summed E-state index contributed by atoms with van der Waals surface area (Å²) in [6.07, 6.45) is 10.3. The summed E-state index contributed by atoms with van der Waals surface area (Å²) in [6, 6.07) is 4.85. The highest BCUT2D eigenvalue weighted by Gasteiger charge is 2.32. The van der Waals surface area contributed by atoms with E-state index in [1.807, 2.05) is 6.07 Å². The van der Waals surface area contributed by atoms with Crippen LogP contribution in [0.2, 0.25) is 0 Å². The first kappa shape index (κ1) is 12.0. The third kappa shape index (κ3) is 2.51. The number of rotatable bonds is 2. The van der Waals surface area contributed by atoms with Crippen molar-refractivity contribution in [2.24, 2.45) is 5.92 Å². The summed E-state index contributed by atoms with van der Waals surface area (Å²) in [4.78, 5) is 7.10. The number of fused-ring (bicyclic) bond motifs is 1. The Morgan fingerprint density at radius 2 is 2.00 bits per heavy atom. The van der Waals surface area contributed by atoms with E-state index in [2.05, 4.69) is 16.0 Å². The predicted molar refractivity (Wildman–Crippen MR) is 74.0 cm³/mol. The lowest BCUT2D eigenvalue weighted by Gasteiger charge is -2.44. The van der Waals surface area contributed by atoms with E-state index in [-0.39, 0.29) is 0 Å². The summed E-state index contributed by atoms with van der Waals surface area (Å²) >= 11 is 0. The summed E-state index contributed by atoms with van der Waals surface area (Å²) in [6.45, 7) is 2.24. The van der Waals surface area contributed by atoms with Crippen molar-refractivity contribution in [2.75, 3.05) is 12.3 Å². The average Bonchev–Trinajstić information content (AvgIpc) is 2.42. The van der Waals surface area contributed by atoms with Crippen molar-refractivity contribution in [1.29, 1.82) is 0 Å². The lowest BCUT2D eigenvalue weighted by molar-refractivity contribution is 0.0537. The highest BCUT2D eigenvalue weighted by atomic mass is 15.2. The second kappa shape index (κ2) is 5.27. The van der Waals surface area contributed by atoms with Crippen LogP contribution in [0.4, 0.5) is 5.69 Å². The van der Waals surface area contributed by atoms with Crippen LogP contribution in [0, 0.1) is 5.92 Å². The quantitative estimate of drug-likeness (QED) is 0.871. The second-order valence-electron chi connectivity index (χ2n) is 5.81. The average molecular weight is 245 g/mol. The van der Waals surface area contributed by atoms with Gasteiger partial charge in [0, 0.05) is 12.6 Å². The van der Waals surface area contributed by atoms with Crippen LogP contribution in [0.1, 0.15) is 44.2 Å². The number of hydrogen-bond donors (Lipinski definition) is 1. The van der Waals surface area contributed by atoms with Crippen molar-refractivity contribution in [1.82, 2.24) is 9.88 Å². The number of likely N-dealkylation sites (tertiary alicyclic amines) is 1. The van der Waals surface area contributed by atoms with E-state index in [0.717, 1.165) is 29.9 Å². The molecule has 2 fully saturated rings. The molecule has 3 heteroatoms. The van der Waals surface area contributed by atoms with Crippen LogP contribution < -0.4 is 5.73 Å². The molecule has 3 nitrogen and oxygen atoms in total. The molecule has 3 rings (SSSR count). The number of nitrogens with two attached hydrogens (primary N) is 1. The third-order valence-corrected chi connectivity index (χ3v) is 4.57. The Kier molecular flexibility index (Phi) is 3.50. The van der Waals surface area contributed by atoms with Crippen molar-refractivity contribution in [3.63, 3.8) is 0 Å². The predicted octanol–water partition coefficient (Wildman–Crippen LogP) is 2.82. The van der Waals surface area contributed by atoms with Gasteiger partial charge in [-0.15, -0.1) is 0 Å². The smallest absolute Gasteiger partial charge is 0.0545 e. The zero-order valence-corrected chi connectivity index (χ0v) is 11.0. The Bertz CT molecular complexity index is 385. The molecular formula is C15H23N3. The number of piperidine rings is 1. The number of aromatic nitrogens is 1. The molecule has 0 spiro atoms. The monoisotopic (exact) mass is 245 g/mol. The third-order valence-electron chi connectivity index (χ3n) is 4.57. The van der Waals surface area contributed by atoms with Crippen LogP contribution >= 0.6 is 0 Å². The molecule has 0 unspecified atom stereocenters. The van der Waals surface area contributed by atoms with E-state index in [9.17, 15) is 0 Å². The zero-order valence-electron chi connectivity index (χ0n) is 11.0. The van der Waals surface area contributed by atoms with Crippen LogP contribution in [-0.2, 0) is 6.54 Å². The van der Waals surface area contributed by atoms with Gasteiger partial charge < -0.3 is 5.73 Å². The Morgan fingerprint density at radius 3 is 2.83 bits per heavy atom. The van der Waals surface area contributed by atoms with Crippen LogP contribution in [0.25, 0.3) is 0 Å². The van der Waals surface area contributed by atoms with Crippen molar-refractivity contribution < 1.29 is 0 Å². The first-order valence-corrected chi connectivity index (χ1v) is 7.27. The Balaban J connectivity index is 1.69. The number of anilines is 1. The molecule has 1 aliphatic heterocycles. The summed E-state index contributed by atoms with van der Waals surface area (Å²) in [5.41, 5.74) is 7.61. The van der Waals surface area contributed by atoms with Gasteiger partial charge in [-0.3, -0.25) is 9.88 Å². The van der Waals surface area contributed by atoms with Gasteiger partial charge in [0.1, 0.15) is 0 Å². The Morgan fingerprint density at radius 1 is 1.17 bits per heavy atom. The maximum Gasteiger partial charge on any atom is 0.0545 e. The van der Waals surface area contributed by atoms with Crippen LogP contribution in [-0.4, -0.2) is 22.5 Å². The Hall–Kier alpha value is -1.09. The van der Waals surface area contributed by atoms with Crippen molar-refractivity contribution in [3.8, 4) is 0 Å².